The van der Waals surface area contributed by atoms with E-state index in [0.29, 0.717) is 19.4 Å². The van der Waals surface area contributed by atoms with Gasteiger partial charge in [-0.05, 0) is 41.2 Å². The molecule has 0 bridgehead atoms. The summed E-state index contributed by atoms with van der Waals surface area (Å²) in [4.78, 5) is 43.2. The number of nitrogens with zero attached hydrogens (tertiary/aromatic N) is 2. The Hall–Kier alpha value is -2.37. The summed E-state index contributed by atoms with van der Waals surface area (Å²) >= 11 is 0. The van der Waals surface area contributed by atoms with Crippen LogP contribution in [0.2, 0.25) is 0 Å². The smallest absolute Gasteiger partial charge is 0.324 e. The van der Waals surface area contributed by atoms with Crippen molar-refractivity contribution in [1.82, 2.24) is 9.80 Å². The molecule has 1 aromatic carbocycles. The van der Waals surface area contributed by atoms with Crippen LogP contribution in [0.15, 0.2) is 18.2 Å². The summed E-state index contributed by atoms with van der Waals surface area (Å²) < 4.78 is 0. The molecule has 6 nitrogen and oxygen atoms in total. The molecule has 0 unspecified atom stereocenters. The topological polar surface area (TPSA) is 69.7 Å². The van der Waals surface area contributed by atoms with Gasteiger partial charge in [-0.25, -0.2) is 4.79 Å². The second kappa shape index (κ2) is 9.47. The Labute approximate surface area is 199 Å². The zero-order valence-electron chi connectivity index (χ0n) is 21.5. The van der Waals surface area contributed by atoms with Crippen molar-refractivity contribution in [1.29, 1.82) is 0 Å². The number of rotatable bonds is 6. The number of carbonyl (C=O) groups is 3. The summed E-state index contributed by atoms with van der Waals surface area (Å²) in [6, 6.07) is 5.75. The maximum atomic E-state index is 13.6. The highest BCUT2D eigenvalue weighted by molar-refractivity contribution is 6.10. The Morgan fingerprint density at radius 3 is 2.03 bits per heavy atom. The fourth-order valence-electron chi connectivity index (χ4n) is 5.25. The molecule has 1 spiro atoms. The number of para-hydroxylation sites is 1. The van der Waals surface area contributed by atoms with E-state index in [1.54, 1.807) is 4.90 Å². The minimum Gasteiger partial charge on any atom is -0.324 e. The fourth-order valence-corrected chi connectivity index (χ4v) is 5.25. The van der Waals surface area contributed by atoms with Gasteiger partial charge in [0.25, 0.3) is 5.91 Å². The summed E-state index contributed by atoms with van der Waals surface area (Å²) in [6.07, 6.45) is 4.30. The van der Waals surface area contributed by atoms with Gasteiger partial charge >= 0.3 is 6.03 Å². The van der Waals surface area contributed by atoms with E-state index in [0.717, 1.165) is 36.1 Å². The van der Waals surface area contributed by atoms with Crippen LogP contribution in [-0.2, 0) is 9.59 Å². The SMILES string of the molecule is CC(C)c1cccc(C(C)C)c1NC(=O)CN1C(=O)N(CC(C)(C)C)C2(CCCCC2)C1=O. The predicted octanol–water partition coefficient (Wildman–Crippen LogP) is 5.89. The standard InChI is InChI=1S/C27H41N3O3/c1-18(2)20-12-11-13-21(19(3)4)23(20)28-22(31)16-29-24(32)27(14-9-8-10-15-27)30(25(29)33)17-26(5,6)7/h11-13,18-19H,8-10,14-17H2,1-7H3,(H,28,31). The monoisotopic (exact) mass is 455 g/mol. The van der Waals surface area contributed by atoms with Crippen molar-refractivity contribution in [2.24, 2.45) is 5.41 Å². The molecule has 1 N–H and O–H groups in total. The summed E-state index contributed by atoms with van der Waals surface area (Å²) in [5.41, 5.74) is 2.01. The Morgan fingerprint density at radius 2 is 1.55 bits per heavy atom. The third-order valence-corrected chi connectivity index (χ3v) is 6.87. The van der Waals surface area contributed by atoms with Gasteiger partial charge in [0, 0.05) is 12.2 Å². The zero-order valence-corrected chi connectivity index (χ0v) is 21.5. The lowest BCUT2D eigenvalue weighted by Crippen LogP contribution is -2.53. The third-order valence-electron chi connectivity index (χ3n) is 6.87. The molecule has 1 saturated carbocycles. The molecule has 0 aromatic heterocycles. The molecule has 4 amide bonds. The van der Waals surface area contributed by atoms with E-state index in [9.17, 15) is 14.4 Å². The molecule has 1 heterocycles. The molecule has 2 fully saturated rings. The second-order valence-electron chi connectivity index (χ2n) is 11.6. The van der Waals surface area contributed by atoms with Crippen LogP contribution in [0.25, 0.3) is 0 Å². The predicted molar refractivity (Wildman–Crippen MR) is 132 cm³/mol. The van der Waals surface area contributed by atoms with Crippen molar-refractivity contribution in [3.05, 3.63) is 29.3 Å². The summed E-state index contributed by atoms with van der Waals surface area (Å²) in [5.74, 6) is -0.0493. The molecule has 6 heteroatoms. The molecule has 1 aliphatic heterocycles. The fraction of sp³-hybridized carbons (Fsp3) is 0.667. The van der Waals surface area contributed by atoms with E-state index in [4.69, 9.17) is 0 Å². The Morgan fingerprint density at radius 1 is 1.00 bits per heavy atom. The lowest BCUT2D eigenvalue weighted by atomic mass is 9.79. The van der Waals surface area contributed by atoms with E-state index in [2.05, 4.69) is 53.8 Å². The normalized spacial score (nSPS) is 18.7. The van der Waals surface area contributed by atoms with Crippen LogP contribution in [0.1, 0.15) is 104 Å². The number of imide groups is 1. The first-order valence-electron chi connectivity index (χ1n) is 12.4. The minimum absolute atomic E-state index is 0.138. The van der Waals surface area contributed by atoms with Crippen molar-refractivity contribution in [3.8, 4) is 0 Å². The summed E-state index contributed by atoms with van der Waals surface area (Å²) in [5, 5.41) is 3.06. The number of amides is 4. The Bertz CT molecular complexity index is 881. The van der Waals surface area contributed by atoms with E-state index < -0.39 is 5.54 Å². The quantitative estimate of drug-likeness (QED) is 0.544. The Balaban J connectivity index is 1.87. The summed E-state index contributed by atoms with van der Waals surface area (Å²) in [7, 11) is 0. The number of benzene rings is 1. The van der Waals surface area contributed by atoms with Gasteiger partial charge in [0.2, 0.25) is 5.91 Å². The summed E-state index contributed by atoms with van der Waals surface area (Å²) in [6.45, 7) is 14.9. The molecule has 33 heavy (non-hydrogen) atoms. The van der Waals surface area contributed by atoms with Crippen LogP contribution in [-0.4, -0.2) is 46.3 Å². The van der Waals surface area contributed by atoms with Crippen molar-refractivity contribution >= 4 is 23.5 Å². The van der Waals surface area contributed by atoms with Gasteiger partial charge in [0.05, 0.1) is 0 Å². The van der Waals surface area contributed by atoms with Crippen molar-refractivity contribution in [2.75, 3.05) is 18.4 Å². The molecule has 182 valence electrons. The first kappa shape index (κ1) is 25.3. The highest BCUT2D eigenvalue weighted by atomic mass is 16.2. The average Bonchev–Trinajstić information content (AvgIpc) is 2.89. The number of anilines is 1. The van der Waals surface area contributed by atoms with Gasteiger partial charge < -0.3 is 10.2 Å². The van der Waals surface area contributed by atoms with Crippen LogP contribution < -0.4 is 5.32 Å². The van der Waals surface area contributed by atoms with E-state index in [-0.39, 0.29) is 41.6 Å². The number of nitrogens with one attached hydrogen (secondary N) is 1. The molecule has 1 saturated heterocycles. The first-order valence-corrected chi connectivity index (χ1v) is 12.4. The molecule has 3 rings (SSSR count). The number of hydrogen-bond acceptors (Lipinski definition) is 3. The Kier molecular flexibility index (Phi) is 7.25. The van der Waals surface area contributed by atoms with Crippen molar-refractivity contribution in [2.45, 2.75) is 97.9 Å². The molecule has 1 aromatic rings. The molecular weight excluding hydrogens is 414 g/mol. The van der Waals surface area contributed by atoms with Crippen LogP contribution in [0.4, 0.5) is 10.5 Å². The first-order chi connectivity index (χ1) is 15.4. The maximum Gasteiger partial charge on any atom is 0.328 e. The van der Waals surface area contributed by atoms with E-state index >= 15 is 0 Å². The third kappa shape index (κ3) is 5.10. The largest absolute Gasteiger partial charge is 0.328 e. The van der Waals surface area contributed by atoms with Crippen LogP contribution in [0, 0.1) is 5.41 Å². The molecule has 2 aliphatic rings. The van der Waals surface area contributed by atoms with Gasteiger partial charge in [-0.2, -0.15) is 0 Å². The van der Waals surface area contributed by atoms with Gasteiger partial charge in [-0.1, -0.05) is 85.9 Å². The average molecular weight is 456 g/mol. The second-order valence-corrected chi connectivity index (χ2v) is 11.6. The lowest BCUT2D eigenvalue weighted by Gasteiger charge is -2.41. The molecular formula is C27H41N3O3. The number of carbonyl (C=O) groups excluding carboxylic acids is 3. The minimum atomic E-state index is -0.790. The van der Waals surface area contributed by atoms with Crippen LogP contribution >= 0.6 is 0 Å². The number of hydrogen-bond donors (Lipinski definition) is 1. The van der Waals surface area contributed by atoms with E-state index in [1.165, 1.54) is 4.90 Å². The zero-order chi connectivity index (χ0) is 24.6. The van der Waals surface area contributed by atoms with Gasteiger partial charge in [-0.15, -0.1) is 0 Å². The molecule has 0 atom stereocenters. The van der Waals surface area contributed by atoms with Crippen molar-refractivity contribution in [3.63, 3.8) is 0 Å². The molecule has 1 aliphatic carbocycles. The van der Waals surface area contributed by atoms with Crippen molar-refractivity contribution < 1.29 is 14.4 Å². The van der Waals surface area contributed by atoms with Gasteiger partial charge in [0.1, 0.15) is 12.1 Å². The van der Waals surface area contributed by atoms with Crippen LogP contribution in [0.3, 0.4) is 0 Å². The lowest BCUT2D eigenvalue weighted by molar-refractivity contribution is -0.137. The van der Waals surface area contributed by atoms with Crippen LogP contribution in [0.5, 0.6) is 0 Å². The number of urea groups is 1. The van der Waals surface area contributed by atoms with Gasteiger partial charge in [0.15, 0.2) is 0 Å². The maximum absolute atomic E-state index is 13.6. The highest BCUT2D eigenvalue weighted by Gasteiger charge is 2.57. The highest BCUT2D eigenvalue weighted by Crippen LogP contribution is 2.42. The molecule has 0 radical (unpaired) electrons. The van der Waals surface area contributed by atoms with E-state index in [1.807, 2.05) is 18.2 Å². The van der Waals surface area contributed by atoms with Gasteiger partial charge in [-0.3, -0.25) is 14.5 Å².